The molecule has 0 aliphatic heterocycles. The third kappa shape index (κ3) is 7.79. The van der Waals surface area contributed by atoms with Crippen molar-refractivity contribution in [2.75, 3.05) is 18.1 Å². The summed E-state index contributed by atoms with van der Waals surface area (Å²) in [5.74, 6) is 0.643. The summed E-state index contributed by atoms with van der Waals surface area (Å²) in [5.41, 5.74) is 0. The monoisotopic (exact) mass is 235 g/mol. The Labute approximate surface area is 94.6 Å². The fraction of sp³-hybridized carbons (Fsp3) is 1.00. The zero-order valence-electron chi connectivity index (χ0n) is 10.3. The summed E-state index contributed by atoms with van der Waals surface area (Å²) in [6.45, 7) is 6.96. The Kier molecular flexibility index (Phi) is 8.06. The van der Waals surface area contributed by atoms with Crippen molar-refractivity contribution in [2.45, 2.75) is 52.5 Å². The van der Waals surface area contributed by atoms with Gasteiger partial charge in [-0.1, -0.05) is 33.6 Å². The normalized spacial score (nSPS) is 14.1. The largest absolute Gasteiger partial charge is 0.313 e. The van der Waals surface area contributed by atoms with Gasteiger partial charge >= 0.3 is 0 Å². The van der Waals surface area contributed by atoms with Crippen LogP contribution in [0.4, 0.5) is 0 Å². The van der Waals surface area contributed by atoms with Gasteiger partial charge in [-0.3, -0.25) is 0 Å². The van der Waals surface area contributed by atoms with Gasteiger partial charge in [0.1, 0.15) is 0 Å². The molecular weight excluding hydrogens is 210 g/mol. The minimum absolute atomic E-state index is 0.141. The molecule has 0 aliphatic carbocycles. The molecule has 4 heteroatoms. The molecule has 1 unspecified atom stereocenters. The van der Waals surface area contributed by atoms with Gasteiger partial charge in [-0.25, -0.2) is 8.42 Å². The molecule has 0 aromatic carbocycles. The molecule has 0 bridgehead atoms. The Bertz CT molecular complexity index is 231. The minimum atomic E-state index is -2.85. The molecule has 0 fully saturated rings. The van der Waals surface area contributed by atoms with Crippen LogP contribution in [0.2, 0.25) is 0 Å². The molecular formula is C11H25NO2S. The van der Waals surface area contributed by atoms with Crippen LogP contribution in [0.25, 0.3) is 0 Å². The van der Waals surface area contributed by atoms with Crippen LogP contribution in [0, 0.1) is 0 Å². The second kappa shape index (κ2) is 8.11. The first-order chi connectivity index (χ1) is 7.05. The van der Waals surface area contributed by atoms with Gasteiger partial charge in [-0.15, -0.1) is 0 Å². The van der Waals surface area contributed by atoms with Crippen LogP contribution < -0.4 is 5.32 Å². The van der Waals surface area contributed by atoms with Gasteiger partial charge in [0.25, 0.3) is 0 Å². The van der Waals surface area contributed by atoms with E-state index in [4.69, 9.17) is 0 Å². The number of hydrogen-bond donors (Lipinski definition) is 1. The summed E-state index contributed by atoms with van der Waals surface area (Å²) in [6.07, 6.45) is 3.70. The molecule has 3 nitrogen and oxygen atoms in total. The van der Waals surface area contributed by atoms with Gasteiger partial charge < -0.3 is 5.32 Å². The van der Waals surface area contributed by atoms with E-state index in [1.807, 2.05) is 13.8 Å². The van der Waals surface area contributed by atoms with Gasteiger partial charge in [0.15, 0.2) is 9.84 Å². The lowest BCUT2D eigenvalue weighted by Crippen LogP contribution is -2.36. The SMILES string of the molecule is CCCCS(=O)(=O)CC(CCC)NCC. The first-order valence-corrected chi connectivity index (χ1v) is 7.81. The van der Waals surface area contributed by atoms with E-state index in [2.05, 4.69) is 12.2 Å². The molecule has 92 valence electrons. The van der Waals surface area contributed by atoms with Crippen molar-refractivity contribution in [3.8, 4) is 0 Å². The minimum Gasteiger partial charge on any atom is -0.313 e. The first kappa shape index (κ1) is 14.9. The van der Waals surface area contributed by atoms with E-state index in [1.165, 1.54) is 0 Å². The molecule has 0 saturated heterocycles. The van der Waals surface area contributed by atoms with Crippen molar-refractivity contribution in [1.29, 1.82) is 0 Å². The van der Waals surface area contributed by atoms with Crippen molar-refractivity contribution in [3.05, 3.63) is 0 Å². The highest BCUT2D eigenvalue weighted by molar-refractivity contribution is 7.91. The lowest BCUT2D eigenvalue weighted by molar-refractivity contribution is 0.512. The van der Waals surface area contributed by atoms with Crippen molar-refractivity contribution >= 4 is 9.84 Å². The number of sulfone groups is 1. The summed E-state index contributed by atoms with van der Waals surface area (Å²) in [6, 6.07) is 0.141. The predicted octanol–water partition coefficient (Wildman–Crippen LogP) is 1.98. The average molecular weight is 235 g/mol. The van der Waals surface area contributed by atoms with Gasteiger partial charge in [0, 0.05) is 6.04 Å². The third-order valence-corrected chi connectivity index (χ3v) is 4.21. The highest BCUT2D eigenvalue weighted by Crippen LogP contribution is 2.04. The number of unbranched alkanes of at least 4 members (excludes halogenated alkanes) is 1. The molecule has 0 rings (SSSR count). The maximum Gasteiger partial charge on any atom is 0.151 e. The Morgan fingerprint density at radius 3 is 2.27 bits per heavy atom. The summed E-state index contributed by atoms with van der Waals surface area (Å²) in [4.78, 5) is 0. The summed E-state index contributed by atoms with van der Waals surface area (Å²) >= 11 is 0. The summed E-state index contributed by atoms with van der Waals surface area (Å²) in [7, 11) is -2.85. The van der Waals surface area contributed by atoms with Gasteiger partial charge in [0.2, 0.25) is 0 Å². The maximum absolute atomic E-state index is 11.7. The summed E-state index contributed by atoms with van der Waals surface area (Å²) in [5, 5.41) is 3.24. The lowest BCUT2D eigenvalue weighted by Gasteiger charge is -2.16. The zero-order chi connectivity index (χ0) is 11.7. The number of hydrogen-bond acceptors (Lipinski definition) is 3. The smallest absolute Gasteiger partial charge is 0.151 e. The molecule has 0 radical (unpaired) electrons. The standard InChI is InChI=1S/C11H25NO2S/c1-4-7-9-15(13,14)10-11(8-5-2)12-6-3/h11-12H,4-10H2,1-3H3. The van der Waals surface area contributed by atoms with Crippen molar-refractivity contribution in [2.24, 2.45) is 0 Å². The van der Waals surface area contributed by atoms with Crippen molar-refractivity contribution in [1.82, 2.24) is 5.32 Å². The topological polar surface area (TPSA) is 46.2 Å². The van der Waals surface area contributed by atoms with E-state index in [0.717, 1.165) is 32.2 Å². The molecule has 0 spiro atoms. The molecule has 1 N–H and O–H groups in total. The van der Waals surface area contributed by atoms with Crippen LogP contribution in [0.3, 0.4) is 0 Å². The first-order valence-electron chi connectivity index (χ1n) is 5.99. The molecule has 0 saturated carbocycles. The van der Waals surface area contributed by atoms with Crippen LogP contribution in [-0.2, 0) is 9.84 Å². The molecule has 0 amide bonds. The molecule has 1 atom stereocenters. The molecule has 0 heterocycles. The van der Waals surface area contributed by atoms with Gasteiger partial charge in [-0.2, -0.15) is 0 Å². The van der Waals surface area contributed by atoms with Crippen LogP contribution in [0.15, 0.2) is 0 Å². The van der Waals surface area contributed by atoms with Gasteiger partial charge in [0.05, 0.1) is 11.5 Å². The van der Waals surface area contributed by atoms with Gasteiger partial charge in [-0.05, 0) is 19.4 Å². The second-order valence-corrected chi connectivity index (χ2v) is 6.24. The Morgan fingerprint density at radius 1 is 1.13 bits per heavy atom. The highest BCUT2D eigenvalue weighted by Gasteiger charge is 2.17. The van der Waals surface area contributed by atoms with E-state index in [1.54, 1.807) is 0 Å². The van der Waals surface area contributed by atoms with E-state index >= 15 is 0 Å². The quantitative estimate of drug-likeness (QED) is 0.664. The molecule has 0 aliphatic rings. The van der Waals surface area contributed by atoms with E-state index in [9.17, 15) is 8.42 Å². The van der Waals surface area contributed by atoms with Crippen LogP contribution in [-0.4, -0.2) is 32.5 Å². The highest BCUT2D eigenvalue weighted by atomic mass is 32.2. The fourth-order valence-corrected chi connectivity index (χ4v) is 3.43. The van der Waals surface area contributed by atoms with Crippen LogP contribution >= 0.6 is 0 Å². The Morgan fingerprint density at radius 2 is 1.80 bits per heavy atom. The zero-order valence-corrected chi connectivity index (χ0v) is 11.1. The molecule has 15 heavy (non-hydrogen) atoms. The van der Waals surface area contributed by atoms with Crippen molar-refractivity contribution in [3.63, 3.8) is 0 Å². The Hall–Kier alpha value is -0.0900. The maximum atomic E-state index is 11.7. The Balaban J connectivity index is 4.12. The molecule has 0 aromatic rings. The van der Waals surface area contributed by atoms with E-state index in [0.29, 0.717) is 11.5 Å². The van der Waals surface area contributed by atoms with Crippen LogP contribution in [0.1, 0.15) is 46.5 Å². The second-order valence-electron chi connectivity index (χ2n) is 4.01. The average Bonchev–Trinajstić information content (AvgIpc) is 2.15. The fourth-order valence-electron chi connectivity index (χ4n) is 1.64. The predicted molar refractivity (Wildman–Crippen MR) is 65.9 cm³/mol. The van der Waals surface area contributed by atoms with E-state index in [-0.39, 0.29) is 6.04 Å². The number of rotatable bonds is 9. The summed E-state index contributed by atoms with van der Waals surface area (Å²) < 4.78 is 23.4. The van der Waals surface area contributed by atoms with Crippen LogP contribution in [0.5, 0.6) is 0 Å². The van der Waals surface area contributed by atoms with Crippen molar-refractivity contribution < 1.29 is 8.42 Å². The van der Waals surface area contributed by atoms with E-state index < -0.39 is 9.84 Å². The lowest BCUT2D eigenvalue weighted by atomic mass is 10.2. The number of nitrogens with one attached hydrogen (secondary N) is 1. The third-order valence-electron chi connectivity index (χ3n) is 2.39. The molecule has 0 aromatic heterocycles.